The largest absolute Gasteiger partial charge is 0.394 e. The number of aromatic nitrogens is 3. The molecule has 1 heterocycles. The van der Waals surface area contributed by atoms with Gasteiger partial charge in [-0.1, -0.05) is 0 Å². The molecule has 0 spiro atoms. The number of rotatable bonds is 4. The van der Waals surface area contributed by atoms with E-state index in [1.54, 1.807) is 0 Å². The molecule has 7 heteroatoms. The van der Waals surface area contributed by atoms with Gasteiger partial charge in [-0.3, -0.25) is 0 Å². The average molecular weight is 201 g/mol. The molecule has 0 radical (unpaired) electrons. The summed E-state index contributed by atoms with van der Waals surface area (Å²) in [6.07, 6.45) is 2.70. The molecule has 0 aromatic carbocycles. The molecule has 1 rings (SSSR count). The number of hydrogen-bond donors (Lipinski definition) is 3. The van der Waals surface area contributed by atoms with Gasteiger partial charge in [0.2, 0.25) is 5.95 Å². The highest BCUT2D eigenvalue weighted by Gasteiger charge is 1.78. The van der Waals surface area contributed by atoms with Crippen LogP contribution in [0, 0.1) is 0 Å². The Kier molecular flexibility index (Phi) is 8.86. The summed E-state index contributed by atoms with van der Waals surface area (Å²) in [5.74, 6) is 0.259. The lowest BCUT2D eigenvalue weighted by atomic mass is 10.7. The maximum absolute atomic E-state index is 8.13. The number of aliphatic hydroxyl groups is 1. The van der Waals surface area contributed by atoms with E-state index >= 15 is 0 Å². The van der Waals surface area contributed by atoms with E-state index in [4.69, 9.17) is 21.3 Å². The van der Waals surface area contributed by atoms with Crippen molar-refractivity contribution < 1.29 is 9.84 Å². The van der Waals surface area contributed by atoms with Crippen molar-refractivity contribution in [3.05, 3.63) is 12.7 Å². The van der Waals surface area contributed by atoms with E-state index in [0.29, 0.717) is 19.8 Å². The van der Waals surface area contributed by atoms with Crippen LogP contribution in [0.3, 0.4) is 0 Å². The van der Waals surface area contributed by atoms with Gasteiger partial charge in [0.1, 0.15) is 12.7 Å². The molecule has 0 saturated carbocycles. The van der Waals surface area contributed by atoms with Gasteiger partial charge in [-0.05, 0) is 0 Å². The summed E-state index contributed by atoms with van der Waals surface area (Å²) in [4.78, 5) is 10.6. The number of nitrogen functional groups attached to an aromatic ring is 1. The third kappa shape index (κ3) is 8.78. The van der Waals surface area contributed by atoms with Crippen LogP contribution in [0.4, 0.5) is 5.95 Å². The van der Waals surface area contributed by atoms with Crippen LogP contribution in [0.1, 0.15) is 0 Å². The lowest BCUT2D eigenvalue weighted by molar-refractivity contribution is 0.0976. The Morgan fingerprint density at radius 1 is 1.29 bits per heavy atom. The Morgan fingerprint density at radius 3 is 2.29 bits per heavy atom. The third-order valence-corrected chi connectivity index (χ3v) is 1.01. The molecule has 0 amide bonds. The quantitative estimate of drug-likeness (QED) is 0.502. The molecule has 0 aliphatic heterocycles. The highest BCUT2D eigenvalue weighted by molar-refractivity contribution is 5.08. The van der Waals surface area contributed by atoms with E-state index in [2.05, 4.69) is 15.0 Å². The number of ether oxygens (including phenoxy) is 1. The third-order valence-electron chi connectivity index (χ3n) is 1.01. The average Bonchev–Trinajstić information content (AvgIpc) is 2.21. The molecule has 14 heavy (non-hydrogen) atoms. The van der Waals surface area contributed by atoms with Crippen LogP contribution in [0.5, 0.6) is 0 Å². The normalized spacial score (nSPS) is 9.00. The Balaban J connectivity index is 0.000000241. The first-order chi connectivity index (χ1) is 6.81. The molecule has 1 aromatic rings. The summed E-state index contributed by atoms with van der Waals surface area (Å²) in [5.41, 5.74) is 10.2. The first-order valence-electron chi connectivity index (χ1n) is 4.07. The predicted octanol–water partition coefficient (Wildman–Crippen LogP) is -1.59. The second-order valence-corrected chi connectivity index (χ2v) is 2.12. The van der Waals surface area contributed by atoms with Gasteiger partial charge in [-0.2, -0.15) is 0 Å². The number of nitrogens with two attached hydrogens (primary N) is 2. The van der Waals surface area contributed by atoms with Gasteiger partial charge in [0, 0.05) is 6.54 Å². The van der Waals surface area contributed by atoms with Crippen LogP contribution in [0.2, 0.25) is 0 Å². The molecule has 80 valence electrons. The topological polar surface area (TPSA) is 120 Å². The summed E-state index contributed by atoms with van der Waals surface area (Å²) in [6, 6.07) is 0. The van der Waals surface area contributed by atoms with E-state index in [1.807, 2.05) is 0 Å². The van der Waals surface area contributed by atoms with E-state index in [9.17, 15) is 0 Å². The molecule has 0 atom stereocenters. The number of anilines is 1. The van der Waals surface area contributed by atoms with Gasteiger partial charge in [0.05, 0.1) is 19.8 Å². The minimum atomic E-state index is 0.0833. The SMILES string of the molecule is NCCOCCO.Nc1ncncn1. The zero-order valence-electron chi connectivity index (χ0n) is 7.83. The fourth-order valence-electron chi connectivity index (χ4n) is 0.498. The number of hydrogen-bond acceptors (Lipinski definition) is 7. The first kappa shape index (κ1) is 12.7. The fourth-order valence-corrected chi connectivity index (χ4v) is 0.498. The Morgan fingerprint density at radius 2 is 1.93 bits per heavy atom. The number of nitrogens with zero attached hydrogens (tertiary/aromatic N) is 3. The van der Waals surface area contributed by atoms with Gasteiger partial charge in [-0.25, -0.2) is 15.0 Å². The van der Waals surface area contributed by atoms with E-state index in [1.165, 1.54) is 12.7 Å². The molecular formula is C7H15N5O2. The molecule has 0 fully saturated rings. The highest BCUT2D eigenvalue weighted by Crippen LogP contribution is 1.77. The van der Waals surface area contributed by atoms with Crippen LogP contribution >= 0.6 is 0 Å². The summed E-state index contributed by atoms with van der Waals surface area (Å²) in [7, 11) is 0. The van der Waals surface area contributed by atoms with Crippen LogP contribution in [-0.4, -0.2) is 46.4 Å². The predicted molar refractivity (Wildman–Crippen MR) is 51.2 cm³/mol. The van der Waals surface area contributed by atoms with E-state index < -0.39 is 0 Å². The maximum Gasteiger partial charge on any atom is 0.222 e. The van der Waals surface area contributed by atoms with Gasteiger partial charge < -0.3 is 21.3 Å². The van der Waals surface area contributed by atoms with Gasteiger partial charge >= 0.3 is 0 Å². The molecule has 0 saturated heterocycles. The van der Waals surface area contributed by atoms with Gasteiger partial charge in [-0.15, -0.1) is 0 Å². The zero-order chi connectivity index (χ0) is 10.6. The van der Waals surface area contributed by atoms with Crippen molar-refractivity contribution in [2.45, 2.75) is 0 Å². The lowest BCUT2D eigenvalue weighted by Crippen LogP contribution is -2.10. The monoisotopic (exact) mass is 201 g/mol. The van der Waals surface area contributed by atoms with Crippen molar-refractivity contribution >= 4 is 5.95 Å². The van der Waals surface area contributed by atoms with E-state index in [-0.39, 0.29) is 12.6 Å². The summed E-state index contributed by atoms with van der Waals surface area (Å²) >= 11 is 0. The first-order valence-corrected chi connectivity index (χ1v) is 4.07. The molecule has 0 bridgehead atoms. The zero-order valence-corrected chi connectivity index (χ0v) is 7.83. The van der Waals surface area contributed by atoms with Crippen molar-refractivity contribution in [3.63, 3.8) is 0 Å². The summed E-state index contributed by atoms with van der Waals surface area (Å²) in [6.45, 7) is 1.55. The fraction of sp³-hybridized carbons (Fsp3) is 0.571. The molecular weight excluding hydrogens is 186 g/mol. The molecule has 0 aliphatic rings. The molecule has 5 N–H and O–H groups in total. The van der Waals surface area contributed by atoms with Gasteiger partial charge in [0.25, 0.3) is 0 Å². The number of aliphatic hydroxyl groups excluding tert-OH is 1. The molecule has 1 aromatic heterocycles. The summed E-state index contributed by atoms with van der Waals surface area (Å²) in [5, 5.41) is 8.13. The Hall–Kier alpha value is -1.31. The smallest absolute Gasteiger partial charge is 0.222 e. The second kappa shape index (κ2) is 9.78. The Labute approximate surface area is 82.1 Å². The van der Waals surface area contributed by atoms with Crippen molar-refractivity contribution in [1.82, 2.24) is 15.0 Å². The Bertz CT molecular complexity index is 204. The highest BCUT2D eigenvalue weighted by atomic mass is 16.5. The van der Waals surface area contributed by atoms with Crippen molar-refractivity contribution in [2.24, 2.45) is 5.73 Å². The van der Waals surface area contributed by atoms with Gasteiger partial charge in [0.15, 0.2) is 0 Å². The summed E-state index contributed by atoms with van der Waals surface area (Å²) < 4.78 is 4.76. The van der Waals surface area contributed by atoms with Crippen molar-refractivity contribution in [3.8, 4) is 0 Å². The van der Waals surface area contributed by atoms with Crippen molar-refractivity contribution in [2.75, 3.05) is 32.1 Å². The lowest BCUT2D eigenvalue weighted by Gasteiger charge is -1.95. The minimum absolute atomic E-state index is 0.0833. The molecule has 0 aliphatic carbocycles. The van der Waals surface area contributed by atoms with Crippen LogP contribution < -0.4 is 11.5 Å². The van der Waals surface area contributed by atoms with Crippen LogP contribution in [-0.2, 0) is 4.74 Å². The second-order valence-electron chi connectivity index (χ2n) is 2.12. The van der Waals surface area contributed by atoms with E-state index in [0.717, 1.165) is 0 Å². The molecule has 7 nitrogen and oxygen atoms in total. The maximum atomic E-state index is 8.13. The molecule has 0 unspecified atom stereocenters. The van der Waals surface area contributed by atoms with Crippen LogP contribution in [0.25, 0.3) is 0 Å². The van der Waals surface area contributed by atoms with Crippen LogP contribution in [0.15, 0.2) is 12.7 Å². The standard InChI is InChI=1S/C4H11NO2.C3H4N4/c5-1-3-7-4-2-6;4-3-6-1-5-2-7-3/h6H,1-5H2;1-2H,(H2,4,5,6,7). The minimum Gasteiger partial charge on any atom is -0.394 e. The van der Waals surface area contributed by atoms with Crippen molar-refractivity contribution in [1.29, 1.82) is 0 Å².